The molecule has 0 aromatic heterocycles. The molecule has 3 aliphatic heterocycles. The van der Waals surface area contributed by atoms with Crippen molar-refractivity contribution < 1.29 is 23.9 Å². The van der Waals surface area contributed by atoms with Crippen LogP contribution in [0, 0.1) is 11.8 Å². The van der Waals surface area contributed by atoms with Gasteiger partial charge in [-0.05, 0) is 87.1 Å². The number of likely N-dealkylation sites (tertiary alicyclic amines) is 1. The summed E-state index contributed by atoms with van der Waals surface area (Å²) in [6, 6.07) is 17.8. The molecule has 2 aromatic carbocycles. The highest BCUT2D eigenvalue weighted by Crippen LogP contribution is 2.28. The Labute approximate surface area is 298 Å². The van der Waals surface area contributed by atoms with Crippen LogP contribution >= 0.6 is 0 Å². The van der Waals surface area contributed by atoms with Gasteiger partial charge in [0.25, 0.3) is 0 Å². The van der Waals surface area contributed by atoms with Crippen LogP contribution in [0.2, 0.25) is 0 Å². The Kier molecular flexibility index (Phi) is 12.9. The summed E-state index contributed by atoms with van der Waals surface area (Å²) in [5, 5.41) is 2.79. The summed E-state index contributed by atoms with van der Waals surface area (Å²) in [4.78, 5) is 61.6. The summed E-state index contributed by atoms with van der Waals surface area (Å²) in [5.74, 6) is -0.320. The van der Waals surface area contributed by atoms with Gasteiger partial charge in [-0.25, -0.2) is 0 Å². The molecule has 3 saturated heterocycles. The van der Waals surface area contributed by atoms with E-state index in [0.29, 0.717) is 64.0 Å². The number of hydrogen-bond donors (Lipinski definition) is 1. The first kappa shape index (κ1) is 37.3. The molecule has 0 radical (unpaired) electrons. The Morgan fingerprint density at radius 2 is 1.56 bits per heavy atom. The van der Waals surface area contributed by atoms with Gasteiger partial charge >= 0.3 is 23.6 Å². The van der Waals surface area contributed by atoms with Crippen LogP contribution in [-0.2, 0) is 32.0 Å². The molecule has 0 spiro atoms. The molecule has 3 fully saturated rings. The Morgan fingerprint density at radius 1 is 0.820 bits per heavy atom. The number of ether oxygens (including phenoxy) is 1. The number of nitrogens with zero attached hydrogens (tertiary/aromatic N) is 4. The van der Waals surface area contributed by atoms with E-state index in [0.717, 1.165) is 49.1 Å². The van der Waals surface area contributed by atoms with E-state index in [1.165, 1.54) is 0 Å². The van der Waals surface area contributed by atoms with Crippen molar-refractivity contribution in [3.05, 3.63) is 65.7 Å². The first-order valence-electron chi connectivity index (χ1n) is 18.7. The van der Waals surface area contributed by atoms with E-state index < -0.39 is 23.6 Å². The minimum absolute atomic E-state index is 0.0600. The summed E-state index contributed by atoms with van der Waals surface area (Å²) in [7, 11) is 0. The maximum Gasteiger partial charge on any atom is 0.312 e. The van der Waals surface area contributed by atoms with Crippen molar-refractivity contribution >= 4 is 23.6 Å². The third-order valence-corrected chi connectivity index (χ3v) is 10.4. The molecule has 2 aromatic rings. The Balaban J connectivity index is 1.30. The first-order chi connectivity index (χ1) is 24.0. The predicted octanol–water partition coefficient (Wildman–Crippen LogP) is 4.16. The van der Waals surface area contributed by atoms with E-state index in [2.05, 4.69) is 50.0 Å². The number of nitrogens with one attached hydrogen (secondary N) is 1. The molecule has 3 heterocycles. The molecule has 0 aliphatic carbocycles. The van der Waals surface area contributed by atoms with E-state index in [-0.39, 0.29) is 24.2 Å². The van der Waals surface area contributed by atoms with E-state index in [4.69, 9.17) is 4.74 Å². The molecule has 10 heteroatoms. The zero-order valence-electron chi connectivity index (χ0n) is 30.7. The molecule has 272 valence electrons. The fraction of sp³-hybridized carbons (Fsp3) is 0.600. The molecular weight excluding hydrogens is 630 g/mol. The highest BCUT2D eigenvalue weighted by atomic mass is 16.5. The van der Waals surface area contributed by atoms with Gasteiger partial charge < -0.3 is 24.8 Å². The van der Waals surface area contributed by atoms with Crippen LogP contribution in [0.25, 0.3) is 0 Å². The summed E-state index contributed by atoms with van der Waals surface area (Å²) in [6.45, 7) is 14.7. The van der Waals surface area contributed by atoms with E-state index in [1.807, 2.05) is 59.2 Å². The maximum atomic E-state index is 14.0. The van der Waals surface area contributed by atoms with Crippen LogP contribution in [0.1, 0.15) is 71.4 Å². The zero-order valence-corrected chi connectivity index (χ0v) is 30.7. The van der Waals surface area contributed by atoms with Crippen LogP contribution < -0.4 is 10.1 Å². The van der Waals surface area contributed by atoms with Gasteiger partial charge in [0.05, 0.1) is 18.7 Å². The van der Waals surface area contributed by atoms with Gasteiger partial charge in [0.15, 0.2) is 0 Å². The summed E-state index contributed by atoms with van der Waals surface area (Å²) in [6.07, 6.45) is 4.85. The number of piperazine rings is 2. The molecular formula is C40H57N5O5. The molecule has 4 atom stereocenters. The number of rotatable bonds is 16. The topological polar surface area (TPSA) is 102 Å². The van der Waals surface area contributed by atoms with E-state index in [9.17, 15) is 19.2 Å². The van der Waals surface area contributed by atoms with Gasteiger partial charge in [0, 0.05) is 44.8 Å². The second-order valence-corrected chi connectivity index (χ2v) is 15.2. The SMILES string of the molecule is CCOc1ccc(CCN2C(=O)C(=O)N([C@@H](CC(C)C)CN3CCC[C@@H]3CN3C(=O)C(=O)NC[C@@H]3Cc3ccccc3)C[C@@H]2CC(C)C)cc1. The second kappa shape index (κ2) is 17.3. The van der Waals surface area contributed by atoms with Gasteiger partial charge in [-0.1, -0.05) is 70.2 Å². The number of carbonyl (C=O) groups excluding carboxylic acids is 4. The van der Waals surface area contributed by atoms with Gasteiger partial charge in [-0.15, -0.1) is 0 Å². The van der Waals surface area contributed by atoms with Gasteiger partial charge in [0.2, 0.25) is 0 Å². The van der Waals surface area contributed by atoms with Crippen molar-refractivity contribution in [3.63, 3.8) is 0 Å². The molecule has 3 aliphatic rings. The molecule has 5 rings (SSSR count). The van der Waals surface area contributed by atoms with Crippen molar-refractivity contribution in [3.8, 4) is 5.75 Å². The lowest BCUT2D eigenvalue weighted by Crippen LogP contribution is -2.64. The van der Waals surface area contributed by atoms with E-state index >= 15 is 0 Å². The van der Waals surface area contributed by atoms with Crippen LogP contribution in [0.5, 0.6) is 5.75 Å². The second-order valence-electron chi connectivity index (χ2n) is 15.2. The summed E-state index contributed by atoms with van der Waals surface area (Å²) < 4.78 is 5.58. The van der Waals surface area contributed by atoms with Crippen molar-refractivity contribution in [2.45, 2.75) is 97.3 Å². The van der Waals surface area contributed by atoms with Crippen LogP contribution in [0.3, 0.4) is 0 Å². The minimum Gasteiger partial charge on any atom is -0.494 e. The first-order valence-corrected chi connectivity index (χ1v) is 18.7. The standard InChI is InChI=1S/C40H57N5O5/c1-6-50-36-16-14-30(15-17-36)18-20-43-35(22-29(4)5)27-45(40(49)39(43)48)34(21-28(2)3)25-42-19-10-13-32(42)26-44-33(24-41-37(46)38(44)47)23-31-11-8-7-9-12-31/h7-9,11-12,14-17,28-29,32-35H,6,10,13,18-27H2,1-5H3,(H,41,46)/t32-,33+,34+,35+/m1/s1. The van der Waals surface area contributed by atoms with Crippen molar-refractivity contribution in [1.29, 1.82) is 0 Å². The maximum absolute atomic E-state index is 14.0. The third-order valence-electron chi connectivity index (χ3n) is 10.4. The van der Waals surface area contributed by atoms with Crippen molar-refractivity contribution in [2.75, 3.05) is 45.9 Å². The number of hydrogen-bond acceptors (Lipinski definition) is 6. The van der Waals surface area contributed by atoms with Crippen molar-refractivity contribution in [2.24, 2.45) is 11.8 Å². The Hall–Kier alpha value is -3.92. The van der Waals surface area contributed by atoms with E-state index in [1.54, 1.807) is 4.90 Å². The molecule has 4 amide bonds. The van der Waals surface area contributed by atoms with Crippen LogP contribution in [-0.4, -0.2) is 113 Å². The molecule has 0 bridgehead atoms. The van der Waals surface area contributed by atoms with Crippen LogP contribution in [0.4, 0.5) is 0 Å². The largest absolute Gasteiger partial charge is 0.494 e. The lowest BCUT2D eigenvalue weighted by Gasteiger charge is -2.46. The average Bonchev–Trinajstić information content (AvgIpc) is 3.52. The number of benzene rings is 2. The number of amides is 4. The quantitative estimate of drug-likeness (QED) is 0.266. The minimum atomic E-state index is -0.544. The number of carbonyl (C=O) groups is 4. The summed E-state index contributed by atoms with van der Waals surface area (Å²) in [5.41, 5.74) is 2.23. The molecule has 50 heavy (non-hydrogen) atoms. The highest BCUT2D eigenvalue weighted by molar-refractivity contribution is 6.36. The normalized spacial score (nSPS) is 22.5. The average molecular weight is 688 g/mol. The van der Waals surface area contributed by atoms with Gasteiger partial charge in [-0.3, -0.25) is 24.1 Å². The Morgan fingerprint density at radius 3 is 2.24 bits per heavy atom. The monoisotopic (exact) mass is 687 g/mol. The lowest BCUT2D eigenvalue weighted by molar-refractivity contribution is -0.162. The highest BCUT2D eigenvalue weighted by Gasteiger charge is 2.44. The van der Waals surface area contributed by atoms with Crippen LogP contribution in [0.15, 0.2) is 54.6 Å². The van der Waals surface area contributed by atoms with Crippen molar-refractivity contribution in [1.82, 2.24) is 24.9 Å². The summed E-state index contributed by atoms with van der Waals surface area (Å²) >= 11 is 0. The molecule has 10 nitrogen and oxygen atoms in total. The van der Waals surface area contributed by atoms with Gasteiger partial charge in [-0.2, -0.15) is 0 Å². The predicted molar refractivity (Wildman–Crippen MR) is 194 cm³/mol. The Bertz CT molecular complexity index is 1450. The fourth-order valence-corrected chi connectivity index (χ4v) is 8.01. The lowest BCUT2D eigenvalue weighted by atomic mass is 9.95. The molecule has 0 unspecified atom stereocenters. The molecule has 0 saturated carbocycles. The molecule has 1 N–H and O–H groups in total. The van der Waals surface area contributed by atoms with Gasteiger partial charge in [0.1, 0.15) is 5.75 Å². The fourth-order valence-electron chi connectivity index (χ4n) is 8.01. The third kappa shape index (κ3) is 9.44. The smallest absolute Gasteiger partial charge is 0.312 e. The zero-order chi connectivity index (χ0) is 35.8.